The lowest BCUT2D eigenvalue weighted by Crippen LogP contribution is -2.55. The molecular weight excluding hydrogens is 622 g/mol. The molecule has 1 saturated carbocycles. The van der Waals surface area contributed by atoms with E-state index in [4.69, 9.17) is 10.5 Å². The van der Waals surface area contributed by atoms with E-state index in [1.54, 1.807) is 39.3 Å². The van der Waals surface area contributed by atoms with Crippen LogP contribution in [0, 0.1) is 5.92 Å². The number of aryl methyl sites for hydroxylation is 1. The Morgan fingerprint density at radius 3 is 2.24 bits per heavy atom. The monoisotopic (exact) mass is 675 g/mol. The molecule has 12 heteroatoms. The molecule has 0 spiro atoms. The molecule has 2 heterocycles. The van der Waals surface area contributed by atoms with Crippen LogP contribution in [0.1, 0.15) is 67.9 Å². The van der Waals surface area contributed by atoms with Crippen LogP contribution in [0.2, 0.25) is 0 Å². The molecule has 4 rings (SSSR count). The maximum atomic E-state index is 13.5. The van der Waals surface area contributed by atoms with E-state index in [2.05, 4.69) is 33.8 Å². The number of hydrogen-bond donors (Lipinski definition) is 3. The molecule has 1 saturated heterocycles. The smallest absolute Gasteiger partial charge is 0.266 e. The number of nitrogens with zero attached hydrogens (tertiary/aromatic N) is 4. The van der Waals surface area contributed by atoms with Crippen LogP contribution in [0.5, 0.6) is 0 Å². The minimum Gasteiger partial charge on any atom is -0.496 e. The number of amides is 4. The summed E-state index contributed by atoms with van der Waals surface area (Å²) in [7, 11) is 3.28. The van der Waals surface area contributed by atoms with Crippen molar-refractivity contribution in [3.63, 3.8) is 0 Å². The van der Waals surface area contributed by atoms with Crippen LogP contribution >= 0.6 is 0 Å². The number of carbonyl (C=O) groups is 4. The second kappa shape index (κ2) is 20.0. The van der Waals surface area contributed by atoms with Crippen molar-refractivity contribution in [2.24, 2.45) is 18.7 Å². The number of benzene rings is 1. The summed E-state index contributed by atoms with van der Waals surface area (Å²) >= 11 is 0. The second-order valence-corrected chi connectivity index (χ2v) is 12.5. The molecule has 266 valence electrons. The van der Waals surface area contributed by atoms with Gasteiger partial charge in [-0.25, -0.2) is 0 Å². The average molecular weight is 676 g/mol. The van der Waals surface area contributed by atoms with Crippen LogP contribution in [0.25, 0.3) is 0 Å². The van der Waals surface area contributed by atoms with Crippen molar-refractivity contribution in [2.75, 3.05) is 45.2 Å². The molecule has 1 atom stereocenters. The first kappa shape index (κ1) is 38.7. The molecule has 0 bridgehead atoms. The van der Waals surface area contributed by atoms with Gasteiger partial charge in [0.05, 0.1) is 7.11 Å². The van der Waals surface area contributed by atoms with Gasteiger partial charge in [0, 0.05) is 76.5 Å². The van der Waals surface area contributed by atoms with E-state index >= 15 is 0 Å². The van der Waals surface area contributed by atoms with Crippen LogP contribution in [-0.4, -0.2) is 89.1 Å². The van der Waals surface area contributed by atoms with Crippen LogP contribution in [0.15, 0.2) is 73.2 Å². The van der Waals surface area contributed by atoms with Gasteiger partial charge in [-0.15, -0.1) is 0 Å². The Morgan fingerprint density at radius 2 is 1.71 bits per heavy atom. The molecule has 4 N–H and O–H groups in total. The number of methoxy groups -OCH3 is 1. The largest absolute Gasteiger partial charge is 0.496 e. The van der Waals surface area contributed by atoms with Crippen molar-refractivity contribution in [3.05, 3.63) is 84.4 Å². The SMILES string of the molecule is C=C/C=C(/OC)C(=C)CN1CCN(C(=O)C(Cc2ccc(NC(=O)CC3CCCCC3)cc2)NC(=O)CC)CC1.Cn1nccc1C(N)=O. The van der Waals surface area contributed by atoms with Gasteiger partial charge in [-0.2, -0.15) is 5.10 Å². The molecule has 1 aromatic carbocycles. The molecule has 4 amide bonds. The van der Waals surface area contributed by atoms with E-state index < -0.39 is 11.9 Å². The van der Waals surface area contributed by atoms with E-state index in [1.807, 2.05) is 29.2 Å². The maximum Gasteiger partial charge on any atom is 0.266 e. The van der Waals surface area contributed by atoms with Crippen molar-refractivity contribution >= 4 is 29.3 Å². The number of aromatic nitrogens is 2. The Bertz CT molecular complexity index is 1450. The standard InChI is InChI=1S/C32H46N4O4.C5H7N3O/c1-5-10-29(40-4)24(3)23-35-17-19-36(20-18-35)32(39)28(34-30(37)6-2)21-26-13-15-27(16-14-26)33-31(38)22-25-11-8-7-9-12-25;1-8-4(5(6)9)2-3-7-8/h5,10,13-16,25,28H,1,3,6-9,11-12,17-23H2,2,4H3,(H,33,38)(H,34,37);2-3H,1H3,(H2,6,9)/b29-10+;. The quantitative estimate of drug-likeness (QED) is 0.203. The molecule has 1 aromatic heterocycles. The first-order chi connectivity index (χ1) is 23.5. The van der Waals surface area contributed by atoms with E-state index in [0.29, 0.717) is 69.4 Å². The fraction of sp³-hybridized carbons (Fsp3) is 0.486. The van der Waals surface area contributed by atoms with Gasteiger partial charge in [0.2, 0.25) is 17.7 Å². The van der Waals surface area contributed by atoms with E-state index in [0.717, 1.165) is 29.7 Å². The Kier molecular flexibility index (Phi) is 15.8. The third-order valence-electron chi connectivity index (χ3n) is 8.84. The molecule has 2 fully saturated rings. The van der Waals surface area contributed by atoms with Gasteiger partial charge in [0.25, 0.3) is 5.91 Å². The highest BCUT2D eigenvalue weighted by Gasteiger charge is 2.29. The molecule has 1 aliphatic carbocycles. The number of hydrogen-bond acceptors (Lipinski definition) is 7. The summed E-state index contributed by atoms with van der Waals surface area (Å²) in [6.07, 6.45) is 12.3. The summed E-state index contributed by atoms with van der Waals surface area (Å²) in [4.78, 5) is 52.8. The van der Waals surface area contributed by atoms with Crippen molar-refractivity contribution in [1.82, 2.24) is 24.9 Å². The summed E-state index contributed by atoms with van der Waals surface area (Å²) in [6, 6.07) is 8.51. The lowest BCUT2D eigenvalue weighted by Gasteiger charge is -2.37. The Labute approximate surface area is 290 Å². The highest BCUT2D eigenvalue weighted by atomic mass is 16.5. The molecule has 1 aliphatic heterocycles. The predicted molar refractivity (Wildman–Crippen MR) is 191 cm³/mol. The summed E-state index contributed by atoms with van der Waals surface area (Å²) < 4.78 is 6.82. The zero-order chi connectivity index (χ0) is 35.8. The highest BCUT2D eigenvalue weighted by molar-refractivity contribution is 5.91. The van der Waals surface area contributed by atoms with Gasteiger partial charge in [0.15, 0.2) is 0 Å². The van der Waals surface area contributed by atoms with E-state index in [1.165, 1.54) is 30.1 Å². The number of rotatable bonds is 14. The van der Waals surface area contributed by atoms with Gasteiger partial charge in [0.1, 0.15) is 17.5 Å². The molecule has 12 nitrogen and oxygen atoms in total. The van der Waals surface area contributed by atoms with Crippen LogP contribution in [-0.2, 0) is 32.6 Å². The molecular formula is C37H53N7O5. The average Bonchev–Trinajstić information content (AvgIpc) is 3.54. The normalized spacial score (nSPS) is 16.1. The topological polar surface area (TPSA) is 152 Å². The van der Waals surface area contributed by atoms with Gasteiger partial charge in [-0.05, 0) is 48.6 Å². The first-order valence-corrected chi connectivity index (χ1v) is 17.1. The van der Waals surface area contributed by atoms with E-state index in [9.17, 15) is 19.2 Å². The van der Waals surface area contributed by atoms with Crippen LogP contribution < -0.4 is 16.4 Å². The van der Waals surface area contributed by atoms with Crippen molar-refractivity contribution in [3.8, 4) is 0 Å². The number of ether oxygens (including phenoxy) is 1. The van der Waals surface area contributed by atoms with Crippen molar-refractivity contribution in [2.45, 2.75) is 64.3 Å². The Hall–Kier alpha value is -4.71. The first-order valence-electron chi connectivity index (χ1n) is 17.1. The molecule has 2 aliphatic rings. The fourth-order valence-electron chi connectivity index (χ4n) is 6.07. The number of primary amides is 1. The second-order valence-electron chi connectivity index (χ2n) is 12.5. The summed E-state index contributed by atoms with van der Waals surface area (Å²) in [6.45, 7) is 12.8. The fourth-order valence-corrected chi connectivity index (χ4v) is 6.07. The summed E-state index contributed by atoms with van der Waals surface area (Å²) in [5.74, 6) is 0.566. The molecule has 1 unspecified atom stereocenters. The number of piperazine rings is 1. The highest BCUT2D eigenvalue weighted by Crippen LogP contribution is 2.26. The van der Waals surface area contributed by atoms with Gasteiger partial charge < -0.3 is 26.0 Å². The number of nitrogens with one attached hydrogen (secondary N) is 2. The maximum absolute atomic E-state index is 13.5. The molecule has 49 heavy (non-hydrogen) atoms. The third kappa shape index (κ3) is 12.7. The van der Waals surface area contributed by atoms with Gasteiger partial charge in [-0.1, -0.05) is 57.6 Å². The minimum absolute atomic E-state index is 0.0563. The van der Waals surface area contributed by atoms with Gasteiger partial charge in [-0.3, -0.25) is 28.8 Å². The minimum atomic E-state index is -0.642. The predicted octanol–water partition coefficient (Wildman–Crippen LogP) is 3.97. The van der Waals surface area contributed by atoms with Gasteiger partial charge >= 0.3 is 0 Å². The van der Waals surface area contributed by atoms with E-state index in [-0.39, 0.29) is 17.7 Å². The number of allylic oxidation sites excluding steroid dienone is 2. The molecule has 0 radical (unpaired) electrons. The lowest BCUT2D eigenvalue weighted by atomic mass is 9.87. The molecule has 2 aromatic rings. The lowest BCUT2D eigenvalue weighted by molar-refractivity contribution is -0.137. The number of carbonyl (C=O) groups excluding carboxylic acids is 4. The third-order valence-corrected chi connectivity index (χ3v) is 8.84. The summed E-state index contributed by atoms with van der Waals surface area (Å²) in [5, 5.41) is 9.69. The zero-order valence-electron chi connectivity index (χ0n) is 29.3. The Balaban J connectivity index is 0.000000624. The van der Waals surface area contributed by atoms with Crippen molar-refractivity contribution < 1.29 is 23.9 Å². The van der Waals surface area contributed by atoms with Crippen LogP contribution in [0.4, 0.5) is 5.69 Å². The Morgan fingerprint density at radius 1 is 1.04 bits per heavy atom. The van der Waals surface area contributed by atoms with Crippen LogP contribution in [0.3, 0.4) is 0 Å². The number of nitrogens with two attached hydrogens (primary N) is 1. The number of anilines is 1. The van der Waals surface area contributed by atoms with Crippen molar-refractivity contribution in [1.29, 1.82) is 0 Å². The summed E-state index contributed by atoms with van der Waals surface area (Å²) in [5.41, 5.74) is 7.93. The zero-order valence-corrected chi connectivity index (χ0v) is 29.3.